The van der Waals surface area contributed by atoms with Crippen LogP contribution in [-0.2, 0) is 16.4 Å². The third-order valence-electron chi connectivity index (χ3n) is 2.18. The fourth-order valence-electron chi connectivity index (χ4n) is 1.26. The summed E-state index contributed by atoms with van der Waals surface area (Å²) in [5, 5.41) is 4.33. The molecule has 0 atom stereocenters. The number of hydrogen-bond donors (Lipinski definition) is 1. The minimum Gasteiger partial charge on any atom is -0.383 e. The van der Waals surface area contributed by atoms with E-state index in [0.29, 0.717) is 12.4 Å². The van der Waals surface area contributed by atoms with Gasteiger partial charge < -0.3 is 5.73 Å². The van der Waals surface area contributed by atoms with Crippen molar-refractivity contribution in [2.45, 2.75) is 26.3 Å². The molecule has 0 saturated heterocycles. The molecule has 92 valence electrons. The Labute approximate surface area is 109 Å². The lowest BCUT2D eigenvalue weighted by Gasteiger charge is -2.02. The van der Waals surface area contributed by atoms with Gasteiger partial charge in [-0.05, 0) is 28.5 Å². The highest BCUT2D eigenvalue weighted by Gasteiger charge is 2.16. The van der Waals surface area contributed by atoms with E-state index in [1.807, 2.05) is 13.8 Å². The predicted octanol–water partition coefficient (Wildman–Crippen LogP) is 1.24. The molecule has 2 N–H and O–H groups in total. The number of sulfone groups is 1. The van der Waals surface area contributed by atoms with Gasteiger partial charge in [0.1, 0.15) is 15.7 Å². The first-order chi connectivity index (χ1) is 7.22. The van der Waals surface area contributed by atoms with Gasteiger partial charge in [0.25, 0.3) is 0 Å². The smallest absolute Gasteiger partial charge is 0.149 e. The number of anilines is 1. The Balaban J connectivity index is 2.94. The summed E-state index contributed by atoms with van der Waals surface area (Å²) in [5.41, 5.74) is 6.79. The zero-order valence-electron chi connectivity index (χ0n) is 9.57. The van der Waals surface area contributed by atoms with Crippen molar-refractivity contribution in [1.29, 1.82) is 0 Å². The van der Waals surface area contributed by atoms with Gasteiger partial charge in [-0.2, -0.15) is 5.10 Å². The van der Waals surface area contributed by atoms with Gasteiger partial charge in [0, 0.05) is 6.26 Å². The Morgan fingerprint density at radius 1 is 1.50 bits per heavy atom. The molecule has 5 nitrogen and oxygen atoms in total. The lowest BCUT2D eigenvalue weighted by atomic mass is 10.1. The third-order valence-corrected chi connectivity index (χ3v) is 4.21. The van der Waals surface area contributed by atoms with Crippen LogP contribution in [0.25, 0.3) is 0 Å². The molecule has 0 aliphatic rings. The largest absolute Gasteiger partial charge is 0.383 e. The Bertz CT molecular complexity index is 479. The van der Waals surface area contributed by atoms with Gasteiger partial charge in [0.05, 0.1) is 21.6 Å². The van der Waals surface area contributed by atoms with E-state index in [9.17, 15) is 8.42 Å². The van der Waals surface area contributed by atoms with Crippen LogP contribution >= 0.6 is 22.6 Å². The number of hydrogen-bond acceptors (Lipinski definition) is 4. The molecule has 0 aromatic carbocycles. The zero-order chi connectivity index (χ0) is 12.5. The number of nitrogen functional groups attached to an aromatic ring is 1. The Kier molecular flexibility index (Phi) is 4.22. The number of rotatable bonds is 4. The van der Waals surface area contributed by atoms with Gasteiger partial charge in [0.2, 0.25) is 0 Å². The van der Waals surface area contributed by atoms with Crippen LogP contribution in [0, 0.1) is 3.57 Å². The molecule has 1 rings (SSSR count). The highest BCUT2D eigenvalue weighted by Crippen LogP contribution is 2.25. The van der Waals surface area contributed by atoms with Crippen LogP contribution in [0.15, 0.2) is 0 Å². The van der Waals surface area contributed by atoms with E-state index < -0.39 is 9.84 Å². The number of halogens is 1. The fraction of sp³-hybridized carbons (Fsp3) is 0.667. The quantitative estimate of drug-likeness (QED) is 0.823. The second-order valence-corrected chi connectivity index (χ2v) is 7.43. The predicted molar refractivity (Wildman–Crippen MR) is 73.2 cm³/mol. The van der Waals surface area contributed by atoms with Crippen molar-refractivity contribution in [3.8, 4) is 0 Å². The third kappa shape index (κ3) is 3.34. The summed E-state index contributed by atoms with van der Waals surface area (Å²) in [6, 6.07) is 0. The maximum absolute atomic E-state index is 11.1. The number of nitrogens with zero attached hydrogens (tertiary/aromatic N) is 2. The lowest BCUT2D eigenvalue weighted by molar-refractivity contribution is 0.584. The highest BCUT2D eigenvalue weighted by molar-refractivity contribution is 14.1. The van der Waals surface area contributed by atoms with Crippen LogP contribution < -0.4 is 5.73 Å². The molecule has 0 radical (unpaired) electrons. The molecule has 1 aromatic heterocycles. The van der Waals surface area contributed by atoms with E-state index in [1.54, 1.807) is 4.68 Å². The summed E-state index contributed by atoms with van der Waals surface area (Å²) in [6.45, 7) is 4.38. The minimum absolute atomic E-state index is 0.0620. The average molecular weight is 357 g/mol. The van der Waals surface area contributed by atoms with Crippen LogP contribution in [0.2, 0.25) is 0 Å². The van der Waals surface area contributed by atoms with E-state index in [-0.39, 0.29) is 11.7 Å². The van der Waals surface area contributed by atoms with E-state index in [1.165, 1.54) is 6.26 Å². The SMILES string of the molecule is CC(C)c1nn(CCS(C)(=O)=O)c(N)c1I. The van der Waals surface area contributed by atoms with Crippen molar-refractivity contribution in [3.63, 3.8) is 0 Å². The Hall–Kier alpha value is -0.310. The van der Waals surface area contributed by atoms with E-state index in [0.717, 1.165) is 9.26 Å². The summed E-state index contributed by atoms with van der Waals surface area (Å²) in [7, 11) is -2.98. The highest BCUT2D eigenvalue weighted by atomic mass is 127. The first kappa shape index (κ1) is 13.8. The Morgan fingerprint density at radius 2 is 2.06 bits per heavy atom. The number of nitrogens with two attached hydrogens (primary N) is 1. The molecular weight excluding hydrogens is 341 g/mol. The molecule has 0 spiro atoms. The van der Waals surface area contributed by atoms with Gasteiger partial charge >= 0.3 is 0 Å². The molecule has 1 aromatic rings. The first-order valence-corrected chi connectivity index (χ1v) is 8.05. The molecular formula is C9H16IN3O2S. The van der Waals surface area contributed by atoms with Crippen LogP contribution in [0.5, 0.6) is 0 Å². The van der Waals surface area contributed by atoms with Gasteiger partial charge in [-0.25, -0.2) is 13.1 Å². The molecule has 0 unspecified atom stereocenters. The first-order valence-electron chi connectivity index (χ1n) is 4.91. The number of aryl methyl sites for hydroxylation is 1. The second kappa shape index (κ2) is 4.91. The van der Waals surface area contributed by atoms with Crippen LogP contribution in [0.4, 0.5) is 5.82 Å². The molecule has 0 amide bonds. The maximum atomic E-state index is 11.1. The molecule has 7 heteroatoms. The normalized spacial score (nSPS) is 12.3. The van der Waals surface area contributed by atoms with E-state index in [2.05, 4.69) is 27.7 Å². The van der Waals surface area contributed by atoms with E-state index >= 15 is 0 Å². The fourth-order valence-corrected chi connectivity index (χ4v) is 2.78. The summed E-state index contributed by atoms with van der Waals surface area (Å²) < 4.78 is 24.6. The van der Waals surface area contributed by atoms with Crippen molar-refractivity contribution in [1.82, 2.24) is 9.78 Å². The maximum Gasteiger partial charge on any atom is 0.149 e. The molecule has 1 heterocycles. The summed E-state index contributed by atoms with van der Waals surface area (Å²) >= 11 is 2.14. The van der Waals surface area contributed by atoms with Gasteiger partial charge in [-0.15, -0.1) is 0 Å². The Morgan fingerprint density at radius 3 is 2.44 bits per heavy atom. The van der Waals surface area contributed by atoms with Crippen molar-refractivity contribution in [2.24, 2.45) is 0 Å². The standard InChI is InChI=1S/C9H16IN3O2S/c1-6(2)8-7(10)9(11)13(12-8)4-5-16(3,14)15/h6H,4-5,11H2,1-3H3. The molecule has 16 heavy (non-hydrogen) atoms. The van der Waals surface area contributed by atoms with Gasteiger partial charge in [-0.1, -0.05) is 13.8 Å². The summed E-state index contributed by atoms with van der Waals surface area (Å²) in [4.78, 5) is 0. The second-order valence-electron chi connectivity index (χ2n) is 4.09. The van der Waals surface area contributed by atoms with Crippen molar-refractivity contribution < 1.29 is 8.42 Å². The van der Waals surface area contributed by atoms with Crippen molar-refractivity contribution in [3.05, 3.63) is 9.26 Å². The molecule has 0 aliphatic heterocycles. The number of aromatic nitrogens is 2. The molecule has 0 bridgehead atoms. The van der Waals surface area contributed by atoms with Crippen LogP contribution in [-0.4, -0.2) is 30.2 Å². The lowest BCUT2D eigenvalue weighted by Crippen LogP contribution is -2.14. The summed E-state index contributed by atoms with van der Waals surface area (Å²) in [5.74, 6) is 0.897. The monoisotopic (exact) mass is 357 g/mol. The van der Waals surface area contributed by atoms with Gasteiger partial charge in [-0.3, -0.25) is 0 Å². The summed E-state index contributed by atoms with van der Waals surface area (Å²) in [6.07, 6.45) is 1.21. The van der Waals surface area contributed by atoms with Crippen LogP contribution in [0.1, 0.15) is 25.5 Å². The van der Waals surface area contributed by atoms with Crippen LogP contribution in [0.3, 0.4) is 0 Å². The average Bonchev–Trinajstić information content (AvgIpc) is 2.40. The van der Waals surface area contributed by atoms with Crippen molar-refractivity contribution in [2.75, 3.05) is 17.7 Å². The van der Waals surface area contributed by atoms with Gasteiger partial charge in [0.15, 0.2) is 0 Å². The molecule has 0 aliphatic carbocycles. The topological polar surface area (TPSA) is 78.0 Å². The minimum atomic E-state index is -2.98. The zero-order valence-corrected chi connectivity index (χ0v) is 12.5. The van der Waals surface area contributed by atoms with E-state index in [4.69, 9.17) is 5.73 Å². The molecule has 0 fully saturated rings. The molecule has 0 saturated carbocycles. The van der Waals surface area contributed by atoms with Crippen molar-refractivity contribution >= 4 is 38.2 Å².